The van der Waals surface area contributed by atoms with E-state index >= 15 is 0 Å². The average Bonchev–Trinajstić information content (AvgIpc) is 3.28. The van der Waals surface area contributed by atoms with Gasteiger partial charge in [0.1, 0.15) is 12.2 Å². The van der Waals surface area contributed by atoms with Crippen LogP contribution in [0.3, 0.4) is 0 Å². The summed E-state index contributed by atoms with van der Waals surface area (Å²) >= 11 is 0. The van der Waals surface area contributed by atoms with E-state index in [1.165, 1.54) is 13.1 Å². The van der Waals surface area contributed by atoms with Gasteiger partial charge >= 0.3 is 6.18 Å². The summed E-state index contributed by atoms with van der Waals surface area (Å²) in [6.07, 6.45) is -1.48. The van der Waals surface area contributed by atoms with Crippen molar-refractivity contribution in [1.29, 1.82) is 0 Å². The van der Waals surface area contributed by atoms with E-state index in [4.69, 9.17) is 0 Å². The highest BCUT2D eigenvalue weighted by atomic mass is 19.4. The van der Waals surface area contributed by atoms with Crippen LogP contribution in [0.1, 0.15) is 17.0 Å². The molecular weight excluding hydrogens is 395 g/mol. The molecule has 0 saturated carbocycles. The lowest BCUT2D eigenvalue weighted by Gasteiger charge is -2.10. The Morgan fingerprint density at radius 3 is 2.70 bits per heavy atom. The van der Waals surface area contributed by atoms with Crippen molar-refractivity contribution in [2.75, 3.05) is 5.32 Å². The van der Waals surface area contributed by atoms with Crippen LogP contribution in [0.2, 0.25) is 0 Å². The molecule has 0 aliphatic carbocycles. The Morgan fingerprint density at radius 2 is 1.90 bits per heavy atom. The highest BCUT2D eigenvalue weighted by molar-refractivity contribution is 5.90. The number of aromatic nitrogens is 4. The fourth-order valence-corrected chi connectivity index (χ4v) is 3.35. The number of aryl methyl sites for hydroxylation is 1. The van der Waals surface area contributed by atoms with Crippen LogP contribution in [0.4, 0.5) is 18.9 Å². The zero-order valence-electron chi connectivity index (χ0n) is 16.0. The van der Waals surface area contributed by atoms with Gasteiger partial charge in [-0.3, -0.25) is 14.2 Å². The third-order valence-electron chi connectivity index (χ3n) is 4.62. The van der Waals surface area contributed by atoms with Gasteiger partial charge in [-0.25, -0.2) is 0 Å². The molecule has 0 saturated heterocycles. The van der Waals surface area contributed by atoms with Crippen molar-refractivity contribution in [3.05, 3.63) is 77.9 Å². The van der Waals surface area contributed by atoms with Gasteiger partial charge < -0.3 is 5.32 Å². The first-order chi connectivity index (χ1) is 14.3. The number of hydrogen-bond acceptors (Lipinski definition) is 3. The van der Waals surface area contributed by atoms with E-state index in [0.29, 0.717) is 16.9 Å². The smallest absolute Gasteiger partial charge is 0.322 e. The van der Waals surface area contributed by atoms with Crippen LogP contribution in [0.5, 0.6) is 0 Å². The van der Waals surface area contributed by atoms with Crippen molar-refractivity contribution in [3.63, 3.8) is 0 Å². The average molecular weight is 413 g/mol. The van der Waals surface area contributed by atoms with Crippen molar-refractivity contribution in [3.8, 4) is 0 Å². The lowest BCUT2D eigenvalue weighted by molar-refractivity contribution is -0.144. The number of carbonyl (C=O) groups excluding carboxylic acids is 1. The second-order valence-corrected chi connectivity index (χ2v) is 6.94. The molecule has 0 aliphatic rings. The minimum Gasteiger partial charge on any atom is -0.322 e. The van der Waals surface area contributed by atoms with Crippen molar-refractivity contribution in [1.82, 2.24) is 19.6 Å². The van der Waals surface area contributed by atoms with E-state index in [1.54, 1.807) is 10.9 Å². The Kier molecular flexibility index (Phi) is 5.03. The molecule has 0 aliphatic heterocycles. The topological polar surface area (TPSA) is 64.7 Å². The van der Waals surface area contributed by atoms with E-state index in [9.17, 15) is 18.0 Å². The highest BCUT2D eigenvalue weighted by Crippen LogP contribution is 2.29. The number of halogens is 3. The van der Waals surface area contributed by atoms with Gasteiger partial charge in [0.2, 0.25) is 5.91 Å². The van der Waals surface area contributed by atoms with Crippen LogP contribution in [0, 0.1) is 6.92 Å². The second-order valence-electron chi connectivity index (χ2n) is 6.94. The van der Waals surface area contributed by atoms with Crippen LogP contribution < -0.4 is 5.32 Å². The number of amides is 1. The maximum absolute atomic E-state index is 13.1. The number of anilines is 1. The standard InChI is InChI=1S/C21H18F3N5O/c1-14-9-19(21(22,23)24)29(27-14)13-20(30)26-17-10-25-28(12-17)11-16-7-4-6-15-5-2-3-8-18(15)16/h2-10,12H,11,13H2,1H3,(H,26,30). The number of nitrogens with one attached hydrogen (secondary N) is 1. The molecule has 0 radical (unpaired) electrons. The van der Waals surface area contributed by atoms with Gasteiger partial charge in [0.05, 0.1) is 24.1 Å². The molecule has 0 atom stereocenters. The molecule has 154 valence electrons. The fraction of sp³-hybridized carbons (Fsp3) is 0.190. The molecule has 30 heavy (non-hydrogen) atoms. The lowest BCUT2D eigenvalue weighted by atomic mass is 10.0. The lowest BCUT2D eigenvalue weighted by Crippen LogP contribution is -2.23. The van der Waals surface area contributed by atoms with Crippen molar-refractivity contribution in [2.24, 2.45) is 0 Å². The summed E-state index contributed by atoms with van der Waals surface area (Å²) in [4.78, 5) is 12.2. The summed E-state index contributed by atoms with van der Waals surface area (Å²) in [6.45, 7) is 1.39. The Morgan fingerprint density at radius 1 is 1.13 bits per heavy atom. The zero-order chi connectivity index (χ0) is 21.3. The fourth-order valence-electron chi connectivity index (χ4n) is 3.35. The van der Waals surface area contributed by atoms with E-state index in [2.05, 4.69) is 15.5 Å². The van der Waals surface area contributed by atoms with Crippen LogP contribution in [-0.2, 0) is 24.1 Å². The summed E-state index contributed by atoms with van der Waals surface area (Å²) in [5, 5.41) is 12.8. The molecule has 1 N–H and O–H groups in total. The van der Waals surface area contributed by atoms with Crippen LogP contribution >= 0.6 is 0 Å². The van der Waals surface area contributed by atoms with Gasteiger partial charge in [0, 0.05) is 6.20 Å². The Labute approximate surface area is 169 Å². The highest BCUT2D eigenvalue weighted by Gasteiger charge is 2.35. The molecule has 6 nitrogen and oxygen atoms in total. The molecule has 0 bridgehead atoms. The Hall–Kier alpha value is -3.62. The van der Waals surface area contributed by atoms with Gasteiger partial charge in [-0.15, -0.1) is 0 Å². The van der Waals surface area contributed by atoms with Gasteiger partial charge in [-0.05, 0) is 29.3 Å². The minimum atomic E-state index is -4.58. The van der Waals surface area contributed by atoms with Gasteiger partial charge in [0.15, 0.2) is 0 Å². The largest absolute Gasteiger partial charge is 0.433 e. The predicted molar refractivity (Wildman–Crippen MR) is 106 cm³/mol. The van der Waals surface area contributed by atoms with Crippen molar-refractivity contribution < 1.29 is 18.0 Å². The monoisotopic (exact) mass is 413 g/mol. The Bertz CT molecular complexity index is 1200. The molecule has 4 rings (SSSR count). The molecule has 1 amide bonds. The predicted octanol–water partition coefficient (Wildman–Crippen LogP) is 4.25. The molecule has 2 aromatic heterocycles. The van der Waals surface area contributed by atoms with Crippen molar-refractivity contribution in [2.45, 2.75) is 26.2 Å². The molecule has 2 aromatic carbocycles. The van der Waals surface area contributed by atoms with Gasteiger partial charge in [-0.2, -0.15) is 23.4 Å². The summed E-state index contributed by atoms with van der Waals surface area (Å²) in [5.74, 6) is -0.617. The number of nitrogens with zero attached hydrogens (tertiary/aromatic N) is 4. The van der Waals surface area contributed by atoms with Crippen LogP contribution in [-0.4, -0.2) is 25.5 Å². The molecule has 9 heteroatoms. The molecule has 0 spiro atoms. The summed E-state index contributed by atoms with van der Waals surface area (Å²) < 4.78 is 41.5. The van der Waals surface area contributed by atoms with E-state index in [-0.39, 0.29) is 5.69 Å². The third kappa shape index (κ3) is 4.19. The number of hydrogen-bond donors (Lipinski definition) is 1. The van der Waals surface area contributed by atoms with Crippen LogP contribution in [0.15, 0.2) is 60.9 Å². The molecule has 0 unspecified atom stereocenters. The summed E-state index contributed by atoms with van der Waals surface area (Å²) in [6, 6.07) is 14.9. The minimum absolute atomic E-state index is 0.193. The quantitative estimate of drug-likeness (QED) is 0.532. The first-order valence-corrected chi connectivity index (χ1v) is 9.20. The number of alkyl halides is 3. The first kappa shape index (κ1) is 19.7. The summed E-state index contributed by atoms with van der Waals surface area (Å²) in [7, 11) is 0. The van der Waals surface area contributed by atoms with Gasteiger partial charge in [0.25, 0.3) is 0 Å². The zero-order valence-corrected chi connectivity index (χ0v) is 16.0. The normalized spacial score (nSPS) is 11.7. The maximum atomic E-state index is 13.1. The van der Waals surface area contributed by atoms with Crippen LogP contribution in [0.25, 0.3) is 10.8 Å². The maximum Gasteiger partial charge on any atom is 0.433 e. The number of rotatable bonds is 5. The number of fused-ring (bicyclic) bond motifs is 1. The van der Waals surface area contributed by atoms with Crippen molar-refractivity contribution >= 4 is 22.4 Å². The van der Waals surface area contributed by atoms with E-state index in [0.717, 1.165) is 22.4 Å². The van der Waals surface area contributed by atoms with E-state index in [1.807, 2.05) is 42.5 Å². The Balaban J connectivity index is 1.46. The summed E-state index contributed by atoms with van der Waals surface area (Å²) in [5.41, 5.74) is 0.702. The number of carbonyl (C=O) groups is 1. The molecule has 4 aromatic rings. The first-order valence-electron chi connectivity index (χ1n) is 9.20. The van der Waals surface area contributed by atoms with E-state index < -0.39 is 24.3 Å². The molecule has 0 fully saturated rings. The van der Waals surface area contributed by atoms with Gasteiger partial charge in [-0.1, -0.05) is 42.5 Å². The second kappa shape index (κ2) is 7.66. The number of benzene rings is 2. The molecular formula is C21H18F3N5O. The third-order valence-corrected chi connectivity index (χ3v) is 4.62. The SMILES string of the molecule is Cc1cc(C(F)(F)F)n(CC(=O)Nc2cnn(Cc3cccc4ccccc34)c2)n1. The molecule has 2 heterocycles.